The maximum Gasteiger partial charge on any atom is 0.224 e. The summed E-state index contributed by atoms with van der Waals surface area (Å²) in [6.45, 7) is 0.798. The third-order valence-corrected chi connectivity index (χ3v) is 5.43. The van der Waals surface area contributed by atoms with Crippen LogP contribution in [0.5, 0.6) is 5.75 Å². The van der Waals surface area contributed by atoms with Gasteiger partial charge in [0.2, 0.25) is 5.91 Å². The van der Waals surface area contributed by atoms with Gasteiger partial charge in [-0.3, -0.25) is 4.79 Å². The standard InChI is InChI=1S/C23H31N3O2/c1-28-21-11-7-19(8-12-21)15-16-24-22-13-10-20(17-25-22)26-23(27)14-9-18-5-3-2-4-6-18/h7-8,10-13,17-18H,2-6,9,14-16H2,1H3,(H,24,25)(H,26,27). The van der Waals surface area contributed by atoms with Crippen molar-refractivity contribution in [2.45, 2.75) is 51.4 Å². The molecule has 1 fully saturated rings. The monoisotopic (exact) mass is 381 g/mol. The van der Waals surface area contributed by atoms with E-state index in [0.717, 1.165) is 42.6 Å². The van der Waals surface area contributed by atoms with Crippen molar-refractivity contribution >= 4 is 17.4 Å². The van der Waals surface area contributed by atoms with Gasteiger partial charge in [0.1, 0.15) is 11.6 Å². The molecule has 1 aromatic heterocycles. The van der Waals surface area contributed by atoms with Gasteiger partial charge >= 0.3 is 0 Å². The van der Waals surface area contributed by atoms with Gasteiger partial charge in [-0.15, -0.1) is 0 Å². The predicted octanol–water partition coefficient (Wildman–Crippen LogP) is 5.04. The fourth-order valence-electron chi connectivity index (χ4n) is 3.73. The van der Waals surface area contributed by atoms with E-state index in [1.807, 2.05) is 24.3 Å². The van der Waals surface area contributed by atoms with Crippen LogP contribution in [0.15, 0.2) is 42.6 Å². The Kier molecular flexibility index (Phi) is 7.71. The first kappa shape index (κ1) is 20.2. The average Bonchev–Trinajstić information content (AvgIpc) is 2.75. The molecule has 5 heteroatoms. The number of hydrogen-bond acceptors (Lipinski definition) is 4. The third-order valence-electron chi connectivity index (χ3n) is 5.43. The van der Waals surface area contributed by atoms with Gasteiger partial charge in [0.15, 0.2) is 0 Å². The van der Waals surface area contributed by atoms with Crippen LogP contribution >= 0.6 is 0 Å². The lowest BCUT2D eigenvalue weighted by Gasteiger charge is -2.20. The number of rotatable bonds is 9. The fraction of sp³-hybridized carbons (Fsp3) is 0.478. The Morgan fingerprint density at radius 3 is 2.57 bits per heavy atom. The van der Waals surface area contributed by atoms with Crippen LogP contribution in [0.2, 0.25) is 0 Å². The molecule has 1 aliphatic rings. The van der Waals surface area contributed by atoms with Crippen LogP contribution in [-0.2, 0) is 11.2 Å². The lowest BCUT2D eigenvalue weighted by molar-refractivity contribution is -0.116. The summed E-state index contributed by atoms with van der Waals surface area (Å²) in [5.41, 5.74) is 2.00. The molecule has 1 aliphatic carbocycles. The Bertz CT molecular complexity index is 723. The highest BCUT2D eigenvalue weighted by Crippen LogP contribution is 2.27. The predicted molar refractivity (Wildman–Crippen MR) is 114 cm³/mol. The SMILES string of the molecule is COc1ccc(CCNc2ccc(NC(=O)CCC3CCCCC3)cn2)cc1. The highest BCUT2D eigenvalue weighted by molar-refractivity contribution is 5.90. The molecule has 0 saturated heterocycles. The Balaban J connectivity index is 1.37. The van der Waals surface area contributed by atoms with E-state index in [9.17, 15) is 4.79 Å². The molecule has 1 amide bonds. The lowest BCUT2D eigenvalue weighted by atomic mass is 9.86. The number of nitrogens with zero attached hydrogens (tertiary/aromatic N) is 1. The van der Waals surface area contributed by atoms with Crippen LogP contribution in [0.3, 0.4) is 0 Å². The second kappa shape index (κ2) is 10.7. The van der Waals surface area contributed by atoms with Crippen LogP contribution in [0, 0.1) is 5.92 Å². The van der Waals surface area contributed by atoms with E-state index in [-0.39, 0.29) is 5.91 Å². The van der Waals surface area contributed by atoms with E-state index >= 15 is 0 Å². The van der Waals surface area contributed by atoms with Crippen LogP contribution in [0.4, 0.5) is 11.5 Å². The highest BCUT2D eigenvalue weighted by atomic mass is 16.5. The molecular formula is C23H31N3O2. The molecule has 0 atom stereocenters. The number of amides is 1. The van der Waals surface area contributed by atoms with Crippen molar-refractivity contribution in [3.63, 3.8) is 0 Å². The molecular weight excluding hydrogens is 350 g/mol. The zero-order valence-electron chi connectivity index (χ0n) is 16.7. The fourth-order valence-corrected chi connectivity index (χ4v) is 3.73. The van der Waals surface area contributed by atoms with Crippen LogP contribution in [0.25, 0.3) is 0 Å². The zero-order valence-corrected chi connectivity index (χ0v) is 16.7. The number of carbonyl (C=O) groups excluding carboxylic acids is 1. The Morgan fingerprint density at radius 2 is 1.89 bits per heavy atom. The Hall–Kier alpha value is -2.56. The maximum absolute atomic E-state index is 12.2. The number of carbonyl (C=O) groups is 1. The van der Waals surface area contributed by atoms with Crippen molar-refractivity contribution in [1.82, 2.24) is 4.98 Å². The third kappa shape index (κ3) is 6.55. The molecule has 1 saturated carbocycles. The first-order chi connectivity index (χ1) is 13.7. The van der Waals surface area contributed by atoms with Gasteiger partial charge in [0.25, 0.3) is 0 Å². The number of methoxy groups -OCH3 is 1. The molecule has 2 aromatic rings. The minimum absolute atomic E-state index is 0.0904. The molecule has 28 heavy (non-hydrogen) atoms. The van der Waals surface area contributed by atoms with E-state index in [2.05, 4.69) is 27.8 Å². The van der Waals surface area contributed by atoms with E-state index in [1.165, 1.54) is 37.7 Å². The van der Waals surface area contributed by atoms with E-state index in [4.69, 9.17) is 4.74 Å². The van der Waals surface area contributed by atoms with Crippen molar-refractivity contribution in [3.8, 4) is 5.75 Å². The molecule has 150 valence electrons. The molecule has 3 rings (SSSR count). The molecule has 5 nitrogen and oxygen atoms in total. The molecule has 0 unspecified atom stereocenters. The number of nitrogens with one attached hydrogen (secondary N) is 2. The van der Waals surface area contributed by atoms with E-state index in [1.54, 1.807) is 13.3 Å². The molecule has 2 N–H and O–H groups in total. The van der Waals surface area contributed by atoms with E-state index < -0.39 is 0 Å². The van der Waals surface area contributed by atoms with Crippen molar-refractivity contribution in [2.75, 3.05) is 24.3 Å². The van der Waals surface area contributed by atoms with Gasteiger partial charge in [-0.2, -0.15) is 0 Å². The minimum atomic E-state index is 0.0904. The van der Waals surface area contributed by atoms with E-state index in [0.29, 0.717) is 6.42 Å². The average molecular weight is 382 g/mol. The summed E-state index contributed by atoms with van der Waals surface area (Å²) in [6.07, 6.45) is 10.8. The highest BCUT2D eigenvalue weighted by Gasteiger charge is 2.14. The second-order valence-corrected chi connectivity index (χ2v) is 7.55. The first-order valence-electron chi connectivity index (χ1n) is 10.4. The normalized spacial score (nSPS) is 14.5. The van der Waals surface area contributed by atoms with Gasteiger partial charge in [-0.1, -0.05) is 44.2 Å². The summed E-state index contributed by atoms with van der Waals surface area (Å²) >= 11 is 0. The second-order valence-electron chi connectivity index (χ2n) is 7.55. The Morgan fingerprint density at radius 1 is 1.11 bits per heavy atom. The number of benzene rings is 1. The summed E-state index contributed by atoms with van der Waals surface area (Å²) in [5, 5.41) is 6.28. The van der Waals surface area contributed by atoms with Crippen molar-refractivity contribution < 1.29 is 9.53 Å². The largest absolute Gasteiger partial charge is 0.497 e. The molecule has 0 radical (unpaired) electrons. The number of pyridine rings is 1. The number of anilines is 2. The number of aromatic nitrogens is 1. The van der Waals surface area contributed by atoms with Gasteiger partial charge < -0.3 is 15.4 Å². The van der Waals surface area contributed by atoms with Crippen molar-refractivity contribution in [2.24, 2.45) is 5.92 Å². The summed E-state index contributed by atoms with van der Waals surface area (Å²) in [7, 11) is 1.67. The lowest BCUT2D eigenvalue weighted by Crippen LogP contribution is -2.15. The minimum Gasteiger partial charge on any atom is -0.497 e. The molecule has 1 heterocycles. The van der Waals surface area contributed by atoms with Crippen LogP contribution in [-0.4, -0.2) is 24.5 Å². The first-order valence-corrected chi connectivity index (χ1v) is 10.4. The molecule has 0 spiro atoms. The summed E-state index contributed by atoms with van der Waals surface area (Å²) < 4.78 is 5.17. The molecule has 0 bridgehead atoms. The molecule has 1 aromatic carbocycles. The van der Waals surface area contributed by atoms with Crippen molar-refractivity contribution in [1.29, 1.82) is 0 Å². The smallest absolute Gasteiger partial charge is 0.224 e. The quantitative estimate of drug-likeness (QED) is 0.638. The summed E-state index contributed by atoms with van der Waals surface area (Å²) in [6, 6.07) is 11.9. The van der Waals surface area contributed by atoms with Crippen molar-refractivity contribution in [3.05, 3.63) is 48.2 Å². The van der Waals surface area contributed by atoms with Crippen LogP contribution < -0.4 is 15.4 Å². The maximum atomic E-state index is 12.2. The molecule has 0 aliphatic heterocycles. The van der Waals surface area contributed by atoms with Gasteiger partial charge in [0, 0.05) is 13.0 Å². The Labute approximate surface area is 167 Å². The van der Waals surface area contributed by atoms with Gasteiger partial charge in [0.05, 0.1) is 19.0 Å². The van der Waals surface area contributed by atoms with Crippen LogP contribution in [0.1, 0.15) is 50.5 Å². The summed E-state index contributed by atoms with van der Waals surface area (Å²) in [4.78, 5) is 16.5. The number of hydrogen-bond donors (Lipinski definition) is 2. The van der Waals surface area contributed by atoms with Gasteiger partial charge in [-0.05, 0) is 48.6 Å². The summed E-state index contributed by atoms with van der Waals surface area (Å²) in [5.74, 6) is 2.51. The topological polar surface area (TPSA) is 63.2 Å². The zero-order chi connectivity index (χ0) is 19.6. The number of ether oxygens (including phenoxy) is 1. The van der Waals surface area contributed by atoms with Gasteiger partial charge in [-0.25, -0.2) is 4.98 Å².